The Balaban J connectivity index is 1.71. The van der Waals surface area contributed by atoms with Crippen molar-refractivity contribution in [1.29, 1.82) is 0 Å². The lowest BCUT2D eigenvalue weighted by Crippen LogP contribution is -2.48. The van der Waals surface area contributed by atoms with Crippen LogP contribution in [0.1, 0.15) is 16.1 Å². The molecule has 1 aromatic heterocycles. The summed E-state index contributed by atoms with van der Waals surface area (Å²) in [7, 11) is 0. The van der Waals surface area contributed by atoms with Crippen molar-refractivity contribution < 1.29 is 19.4 Å². The van der Waals surface area contributed by atoms with Gasteiger partial charge < -0.3 is 19.3 Å². The number of rotatable bonds is 4. The second-order valence-corrected chi connectivity index (χ2v) is 6.61. The Labute approximate surface area is 156 Å². The van der Waals surface area contributed by atoms with Crippen LogP contribution in [0.25, 0.3) is 10.9 Å². The predicted molar refractivity (Wildman–Crippen MR) is 101 cm³/mol. The number of carbonyl (C=O) groups excluding carboxylic acids is 1. The fourth-order valence-corrected chi connectivity index (χ4v) is 3.47. The van der Waals surface area contributed by atoms with E-state index in [0.29, 0.717) is 18.8 Å². The Kier molecular flexibility index (Phi) is 4.64. The van der Waals surface area contributed by atoms with E-state index >= 15 is 0 Å². The zero-order valence-corrected chi connectivity index (χ0v) is 14.7. The monoisotopic (exact) mass is 364 g/mol. The van der Waals surface area contributed by atoms with Crippen LogP contribution in [0.15, 0.2) is 60.7 Å². The zero-order valence-electron chi connectivity index (χ0n) is 14.7. The second kappa shape index (κ2) is 7.25. The maximum Gasteiger partial charge on any atom is 0.334 e. The number of nitrogens with zero attached hydrogens (tertiary/aromatic N) is 2. The topological polar surface area (TPSA) is 71.8 Å². The van der Waals surface area contributed by atoms with Crippen molar-refractivity contribution in [3.63, 3.8) is 0 Å². The van der Waals surface area contributed by atoms with Gasteiger partial charge in [0.25, 0.3) is 5.91 Å². The SMILES string of the molecule is O=C(O)[C@H]1CN(C(=O)c2cc3ccccc3n2Cc2ccccc2)CCO1. The summed E-state index contributed by atoms with van der Waals surface area (Å²) in [5, 5.41) is 10.2. The van der Waals surface area contributed by atoms with Crippen LogP contribution in [0.4, 0.5) is 0 Å². The lowest BCUT2D eigenvalue weighted by Gasteiger charge is -2.31. The number of para-hydroxylation sites is 1. The first-order valence-electron chi connectivity index (χ1n) is 8.89. The van der Waals surface area contributed by atoms with Crippen molar-refractivity contribution >= 4 is 22.8 Å². The number of fused-ring (bicyclic) bond motifs is 1. The standard InChI is InChI=1S/C21H20N2O4/c24-20(22-10-11-27-19(14-22)21(25)26)18-12-16-8-4-5-9-17(16)23(18)13-15-6-2-1-3-7-15/h1-9,12,19H,10-11,13-14H2,(H,25,26)/t19-/m1/s1. The van der Waals surface area contributed by atoms with E-state index in [1.54, 1.807) is 4.90 Å². The van der Waals surface area contributed by atoms with Crippen LogP contribution in [-0.2, 0) is 16.1 Å². The van der Waals surface area contributed by atoms with Crippen molar-refractivity contribution in [3.05, 3.63) is 71.9 Å². The maximum absolute atomic E-state index is 13.2. The Bertz CT molecular complexity index is 980. The number of benzene rings is 2. The third-order valence-corrected chi connectivity index (χ3v) is 4.84. The van der Waals surface area contributed by atoms with Gasteiger partial charge >= 0.3 is 5.97 Å². The van der Waals surface area contributed by atoms with Crippen molar-refractivity contribution in [3.8, 4) is 0 Å². The van der Waals surface area contributed by atoms with E-state index in [2.05, 4.69) is 0 Å². The number of amides is 1. The summed E-state index contributed by atoms with van der Waals surface area (Å²) < 4.78 is 7.24. The summed E-state index contributed by atoms with van der Waals surface area (Å²) in [5.41, 5.74) is 2.64. The van der Waals surface area contributed by atoms with Crippen molar-refractivity contribution in [2.24, 2.45) is 0 Å². The van der Waals surface area contributed by atoms with E-state index in [-0.39, 0.29) is 19.1 Å². The predicted octanol–water partition coefficient (Wildman–Crippen LogP) is 2.62. The molecule has 2 heterocycles. The molecule has 1 fully saturated rings. The number of carboxylic acids is 1. The third kappa shape index (κ3) is 3.44. The van der Waals surface area contributed by atoms with Crippen LogP contribution >= 0.6 is 0 Å². The van der Waals surface area contributed by atoms with Gasteiger partial charge in [-0.2, -0.15) is 0 Å². The second-order valence-electron chi connectivity index (χ2n) is 6.61. The number of hydrogen-bond acceptors (Lipinski definition) is 3. The minimum atomic E-state index is -1.04. The normalized spacial score (nSPS) is 17.2. The maximum atomic E-state index is 13.2. The van der Waals surface area contributed by atoms with Crippen LogP contribution < -0.4 is 0 Å². The highest BCUT2D eigenvalue weighted by Crippen LogP contribution is 2.23. The molecular formula is C21H20N2O4. The van der Waals surface area contributed by atoms with Gasteiger partial charge in [0, 0.05) is 24.0 Å². The molecule has 6 heteroatoms. The number of morpholine rings is 1. The van der Waals surface area contributed by atoms with E-state index in [4.69, 9.17) is 4.74 Å². The van der Waals surface area contributed by atoms with Crippen molar-refractivity contribution in [2.75, 3.05) is 19.7 Å². The number of carboxylic acid groups (broad SMARTS) is 1. The number of ether oxygens (including phenoxy) is 1. The highest BCUT2D eigenvalue weighted by Gasteiger charge is 2.31. The van der Waals surface area contributed by atoms with Gasteiger partial charge in [0.1, 0.15) is 5.69 Å². The van der Waals surface area contributed by atoms with Gasteiger partial charge in [-0.25, -0.2) is 4.79 Å². The molecular weight excluding hydrogens is 344 g/mol. The molecule has 0 unspecified atom stereocenters. The summed E-state index contributed by atoms with van der Waals surface area (Å²) in [6.07, 6.45) is -0.977. The van der Waals surface area contributed by atoms with Crippen LogP contribution in [-0.4, -0.2) is 52.3 Å². The molecule has 0 radical (unpaired) electrons. The van der Waals surface area contributed by atoms with Crippen molar-refractivity contribution in [1.82, 2.24) is 9.47 Å². The van der Waals surface area contributed by atoms with Gasteiger partial charge in [-0.15, -0.1) is 0 Å². The molecule has 1 atom stereocenters. The molecule has 6 nitrogen and oxygen atoms in total. The molecule has 1 amide bonds. The molecule has 3 aromatic rings. The molecule has 1 saturated heterocycles. The minimum Gasteiger partial charge on any atom is -0.479 e. The Morgan fingerprint density at radius 1 is 1.07 bits per heavy atom. The molecule has 1 aliphatic rings. The van der Waals surface area contributed by atoms with E-state index in [0.717, 1.165) is 16.5 Å². The molecule has 4 rings (SSSR count). The van der Waals surface area contributed by atoms with E-state index < -0.39 is 12.1 Å². The fourth-order valence-electron chi connectivity index (χ4n) is 3.47. The van der Waals surface area contributed by atoms with Gasteiger partial charge in [-0.3, -0.25) is 4.79 Å². The number of aromatic nitrogens is 1. The molecule has 0 aliphatic carbocycles. The first-order chi connectivity index (χ1) is 13.1. The lowest BCUT2D eigenvalue weighted by atomic mass is 10.2. The smallest absolute Gasteiger partial charge is 0.334 e. The Morgan fingerprint density at radius 2 is 1.81 bits per heavy atom. The minimum absolute atomic E-state index is 0.0566. The zero-order chi connectivity index (χ0) is 18.8. The first kappa shape index (κ1) is 17.3. The van der Waals surface area contributed by atoms with E-state index in [1.165, 1.54) is 0 Å². The summed E-state index contributed by atoms with van der Waals surface area (Å²) in [6, 6.07) is 19.7. The van der Waals surface area contributed by atoms with Crippen LogP contribution in [0.2, 0.25) is 0 Å². The lowest BCUT2D eigenvalue weighted by molar-refractivity contribution is -0.154. The Hall–Kier alpha value is -3.12. The number of carbonyl (C=O) groups is 2. The van der Waals surface area contributed by atoms with Gasteiger partial charge in [0.2, 0.25) is 0 Å². The van der Waals surface area contributed by atoms with Gasteiger partial charge in [0.15, 0.2) is 6.10 Å². The fraction of sp³-hybridized carbons (Fsp3) is 0.238. The first-order valence-corrected chi connectivity index (χ1v) is 8.89. The summed E-state index contributed by atoms with van der Waals surface area (Å²) >= 11 is 0. The van der Waals surface area contributed by atoms with E-state index in [9.17, 15) is 14.7 Å². The highest BCUT2D eigenvalue weighted by atomic mass is 16.5. The quantitative estimate of drug-likeness (QED) is 0.772. The summed E-state index contributed by atoms with van der Waals surface area (Å²) in [4.78, 5) is 26.0. The number of hydrogen-bond donors (Lipinski definition) is 1. The largest absolute Gasteiger partial charge is 0.479 e. The van der Waals surface area contributed by atoms with Crippen LogP contribution in [0.5, 0.6) is 0 Å². The summed E-state index contributed by atoms with van der Waals surface area (Å²) in [5.74, 6) is -1.21. The molecule has 1 aliphatic heterocycles. The number of aliphatic carboxylic acids is 1. The van der Waals surface area contributed by atoms with Crippen molar-refractivity contribution in [2.45, 2.75) is 12.6 Å². The van der Waals surface area contributed by atoms with Crippen LogP contribution in [0, 0.1) is 0 Å². The molecule has 138 valence electrons. The molecule has 0 bridgehead atoms. The molecule has 0 spiro atoms. The molecule has 1 N–H and O–H groups in total. The van der Waals surface area contributed by atoms with E-state index in [1.807, 2.05) is 65.2 Å². The average Bonchev–Trinajstić information content (AvgIpc) is 3.07. The Morgan fingerprint density at radius 3 is 2.59 bits per heavy atom. The molecule has 27 heavy (non-hydrogen) atoms. The van der Waals surface area contributed by atoms with Gasteiger partial charge in [0.05, 0.1) is 13.2 Å². The third-order valence-electron chi connectivity index (χ3n) is 4.84. The molecule has 2 aromatic carbocycles. The molecule has 0 saturated carbocycles. The summed E-state index contributed by atoms with van der Waals surface area (Å²) in [6.45, 7) is 1.24. The average molecular weight is 364 g/mol. The van der Waals surface area contributed by atoms with Gasteiger partial charge in [-0.05, 0) is 17.7 Å². The van der Waals surface area contributed by atoms with Gasteiger partial charge in [-0.1, -0.05) is 48.5 Å². The van der Waals surface area contributed by atoms with Crippen LogP contribution in [0.3, 0.4) is 0 Å². The highest BCUT2D eigenvalue weighted by molar-refractivity contribution is 5.99.